The number of nitrogens with zero attached hydrogens (tertiary/aromatic N) is 7. The maximum atomic E-state index is 14.4. The molecular formula is C25H31F2N7O3. The zero-order valence-corrected chi connectivity index (χ0v) is 21.2. The number of aryl methyl sites for hydroxylation is 4. The fraction of sp³-hybridized carbons (Fsp3) is 0.520. The van der Waals surface area contributed by atoms with E-state index in [9.17, 15) is 18.4 Å². The van der Waals surface area contributed by atoms with Gasteiger partial charge in [-0.2, -0.15) is 5.10 Å². The van der Waals surface area contributed by atoms with E-state index in [4.69, 9.17) is 5.11 Å². The van der Waals surface area contributed by atoms with Gasteiger partial charge in [0.2, 0.25) is 0 Å². The van der Waals surface area contributed by atoms with E-state index in [0.29, 0.717) is 42.2 Å². The first-order chi connectivity index (χ1) is 17.6. The molecule has 0 aromatic carbocycles. The number of piperidine rings is 1. The summed E-state index contributed by atoms with van der Waals surface area (Å²) in [6.45, 7) is 3.83. The standard InChI is InChI=1S/C25H31F2N7O3/c1-4-5-18-8-10-28-34(24(18)37)11-9-21-23(30-31-32(21)3)19-6-7-20(16(2)29-19)33-14-17(12-22(35)36)13-25(26,27)15-33/h6-8,10,17H,4-5,9,11-15H2,1-3H3,(H,35,36). The van der Waals surface area contributed by atoms with Gasteiger partial charge < -0.3 is 10.0 Å². The fourth-order valence-electron chi connectivity index (χ4n) is 4.97. The molecule has 0 amide bonds. The van der Waals surface area contributed by atoms with Gasteiger partial charge in [0.25, 0.3) is 11.5 Å². The molecule has 3 aromatic heterocycles. The van der Waals surface area contributed by atoms with Crippen LogP contribution in [0.5, 0.6) is 0 Å². The molecule has 1 saturated heterocycles. The van der Waals surface area contributed by atoms with Crippen molar-refractivity contribution in [3.05, 3.63) is 51.7 Å². The topological polar surface area (TPSA) is 119 Å². The Morgan fingerprint density at radius 3 is 2.73 bits per heavy atom. The monoisotopic (exact) mass is 515 g/mol. The lowest BCUT2D eigenvalue weighted by atomic mass is 9.92. The molecule has 1 fully saturated rings. The Morgan fingerprint density at radius 1 is 1.24 bits per heavy atom. The molecule has 198 valence electrons. The molecule has 1 aliphatic rings. The van der Waals surface area contributed by atoms with Gasteiger partial charge in [0.15, 0.2) is 0 Å². The summed E-state index contributed by atoms with van der Waals surface area (Å²) in [4.78, 5) is 29.9. The number of aromatic nitrogens is 6. The molecule has 0 saturated carbocycles. The van der Waals surface area contributed by atoms with Crippen LogP contribution < -0.4 is 10.5 Å². The summed E-state index contributed by atoms with van der Waals surface area (Å²) in [6.07, 6.45) is 2.88. The summed E-state index contributed by atoms with van der Waals surface area (Å²) in [5.74, 6) is -4.72. The minimum atomic E-state index is -2.98. The number of carboxylic acid groups (broad SMARTS) is 1. The van der Waals surface area contributed by atoms with Crippen LogP contribution in [0.3, 0.4) is 0 Å². The third kappa shape index (κ3) is 6.00. The van der Waals surface area contributed by atoms with Crippen LogP contribution in [0.15, 0.2) is 29.2 Å². The zero-order chi connectivity index (χ0) is 26.7. The van der Waals surface area contributed by atoms with Gasteiger partial charge in [0.05, 0.1) is 42.3 Å². The Morgan fingerprint density at radius 2 is 2.03 bits per heavy atom. The van der Waals surface area contributed by atoms with E-state index < -0.39 is 30.8 Å². The summed E-state index contributed by atoms with van der Waals surface area (Å²) in [6, 6.07) is 5.17. The molecule has 12 heteroatoms. The number of carbonyl (C=O) groups is 1. The SMILES string of the molecule is CCCc1ccnn(CCc2c(-c3ccc(N4CC(CC(=O)O)CC(F)(F)C4)c(C)n3)nnn2C)c1=O. The van der Waals surface area contributed by atoms with Crippen LogP contribution in [0.25, 0.3) is 11.4 Å². The van der Waals surface area contributed by atoms with Crippen molar-refractivity contribution in [3.8, 4) is 11.4 Å². The van der Waals surface area contributed by atoms with E-state index in [-0.39, 0.29) is 18.5 Å². The lowest BCUT2D eigenvalue weighted by Crippen LogP contribution is -2.48. The fourth-order valence-corrected chi connectivity index (χ4v) is 4.97. The maximum absolute atomic E-state index is 14.4. The van der Waals surface area contributed by atoms with Crippen molar-refractivity contribution in [2.75, 3.05) is 18.0 Å². The molecule has 4 rings (SSSR count). The number of alkyl halides is 2. The molecule has 1 aliphatic heterocycles. The lowest BCUT2D eigenvalue weighted by Gasteiger charge is -2.39. The molecule has 0 bridgehead atoms. The molecule has 4 heterocycles. The minimum absolute atomic E-state index is 0.112. The van der Waals surface area contributed by atoms with Crippen molar-refractivity contribution >= 4 is 11.7 Å². The Kier molecular flexibility index (Phi) is 7.65. The van der Waals surface area contributed by atoms with Gasteiger partial charge >= 0.3 is 5.97 Å². The van der Waals surface area contributed by atoms with Gasteiger partial charge in [0, 0.05) is 38.2 Å². The maximum Gasteiger partial charge on any atom is 0.303 e. The number of anilines is 1. The van der Waals surface area contributed by atoms with Gasteiger partial charge in [-0.05, 0) is 37.5 Å². The summed E-state index contributed by atoms with van der Waals surface area (Å²) >= 11 is 0. The van der Waals surface area contributed by atoms with Crippen LogP contribution in [0.2, 0.25) is 0 Å². The summed E-state index contributed by atoms with van der Waals surface area (Å²) in [5.41, 5.74) is 3.53. The largest absolute Gasteiger partial charge is 0.481 e. The minimum Gasteiger partial charge on any atom is -0.481 e. The zero-order valence-electron chi connectivity index (χ0n) is 21.2. The highest BCUT2D eigenvalue weighted by Gasteiger charge is 2.41. The quantitative estimate of drug-likeness (QED) is 0.462. The summed E-state index contributed by atoms with van der Waals surface area (Å²) in [5, 5.41) is 21.7. The lowest BCUT2D eigenvalue weighted by molar-refractivity contribution is -0.139. The van der Waals surface area contributed by atoms with Gasteiger partial charge in [0.1, 0.15) is 5.69 Å². The highest BCUT2D eigenvalue weighted by atomic mass is 19.3. The highest BCUT2D eigenvalue weighted by Crippen LogP contribution is 2.36. The molecule has 1 unspecified atom stereocenters. The Balaban J connectivity index is 1.56. The summed E-state index contributed by atoms with van der Waals surface area (Å²) in [7, 11) is 1.76. The second-order valence-corrected chi connectivity index (χ2v) is 9.60. The molecule has 37 heavy (non-hydrogen) atoms. The molecule has 10 nitrogen and oxygen atoms in total. The predicted octanol–water partition coefficient (Wildman–Crippen LogP) is 2.87. The van der Waals surface area contributed by atoms with Gasteiger partial charge in [-0.1, -0.05) is 18.6 Å². The highest BCUT2D eigenvalue weighted by molar-refractivity contribution is 5.67. The first kappa shape index (κ1) is 26.4. The van der Waals surface area contributed by atoms with E-state index in [2.05, 4.69) is 20.4 Å². The van der Waals surface area contributed by atoms with Crippen molar-refractivity contribution < 1.29 is 18.7 Å². The molecule has 1 N–H and O–H groups in total. The van der Waals surface area contributed by atoms with Gasteiger partial charge in [-0.3, -0.25) is 14.3 Å². The molecular weight excluding hydrogens is 484 g/mol. The predicted molar refractivity (Wildman–Crippen MR) is 133 cm³/mol. The van der Waals surface area contributed by atoms with E-state index in [1.807, 2.05) is 6.92 Å². The third-order valence-corrected chi connectivity index (χ3v) is 6.61. The first-order valence-electron chi connectivity index (χ1n) is 12.3. The van der Waals surface area contributed by atoms with Crippen LogP contribution in [0.1, 0.15) is 43.1 Å². The van der Waals surface area contributed by atoms with Crippen LogP contribution in [0, 0.1) is 12.8 Å². The van der Waals surface area contributed by atoms with E-state index in [0.717, 1.165) is 17.7 Å². The molecule has 0 spiro atoms. The van der Waals surface area contributed by atoms with Gasteiger partial charge in [-0.25, -0.2) is 18.4 Å². The van der Waals surface area contributed by atoms with E-state index in [1.54, 1.807) is 43.0 Å². The van der Waals surface area contributed by atoms with Crippen molar-refractivity contribution in [1.29, 1.82) is 0 Å². The number of aliphatic carboxylic acids is 1. The number of halogens is 2. The third-order valence-electron chi connectivity index (χ3n) is 6.61. The Labute approximate surface area is 212 Å². The summed E-state index contributed by atoms with van der Waals surface area (Å²) < 4.78 is 31.8. The smallest absolute Gasteiger partial charge is 0.303 e. The number of pyridine rings is 1. The van der Waals surface area contributed by atoms with Crippen LogP contribution in [0.4, 0.5) is 14.5 Å². The first-order valence-corrected chi connectivity index (χ1v) is 12.3. The van der Waals surface area contributed by atoms with Crippen molar-refractivity contribution in [2.45, 2.75) is 58.4 Å². The Bertz CT molecular complexity index is 1340. The average Bonchev–Trinajstić information content (AvgIpc) is 3.18. The number of hydrogen-bond donors (Lipinski definition) is 1. The molecule has 1 atom stereocenters. The number of carboxylic acids is 1. The normalized spacial score (nSPS) is 17.2. The molecule has 3 aromatic rings. The Hall–Kier alpha value is -3.70. The van der Waals surface area contributed by atoms with Crippen molar-refractivity contribution in [3.63, 3.8) is 0 Å². The van der Waals surface area contributed by atoms with Crippen molar-refractivity contribution in [2.24, 2.45) is 13.0 Å². The number of rotatable bonds is 9. The van der Waals surface area contributed by atoms with E-state index >= 15 is 0 Å². The van der Waals surface area contributed by atoms with Crippen LogP contribution in [-0.4, -0.2) is 59.8 Å². The van der Waals surface area contributed by atoms with E-state index in [1.165, 1.54) is 9.58 Å². The second-order valence-electron chi connectivity index (χ2n) is 9.60. The second kappa shape index (κ2) is 10.7. The van der Waals surface area contributed by atoms with Gasteiger partial charge in [-0.15, -0.1) is 5.10 Å². The van der Waals surface area contributed by atoms with Crippen molar-refractivity contribution in [1.82, 2.24) is 29.8 Å². The molecule has 0 radical (unpaired) electrons. The van der Waals surface area contributed by atoms with Crippen LogP contribution in [-0.2, 0) is 31.2 Å². The average molecular weight is 516 g/mol. The van der Waals surface area contributed by atoms with Crippen LogP contribution >= 0.6 is 0 Å². The molecule has 0 aliphatic carbocycles. The number of hydrogen-bond acceptors (Lipinski definition) is 7.